The van der Waals surface area contributed by atoms with Gasteiger partial charge in [-0.1, -0.05) is 12.1 Å². The first-order valence-electron chi connectivity index (χ1n) is 4.77. The van der Waals surface area contributed by atoms with Gasteiger partial charge in [-0.05, 0) is 12.1 Å². The van der Waals surface area contributed by atoms with Crippen LogP contribution in [0.1, 0.15) is 16.2 Å². The molecule has 1 aromatic heterocycles. The van der Waals surface area contributed by atoms with E-state index < -0.39 is 17.9 Å². The van der Waals surface area contributed by atoms with E-state index >= 15 is 0 Å². The molecule has 2 N–H and O–H groups in total. The molecule has 94 valence electrons. The third-order valence-corrected chi connectivity index (χ3v) is 2.20. The molecule has 0 radical (unpaired) electrons. The Morgan fingerprint density at radius 3 is 2.56 bits per heavy atom. The SMILES string of the molecule is NC(=O)c1ccccc1-n1ncnc1C(F)(F)F. The lowest BCUT2D eigenvalue weighted by atomic mass is 10.1. The molecule has 0 atom stereocenters. The van der Waals surface area contributed by atoms with Crippen molar-refractivity contribution in [2.24, 2.45) is 5.73 Å². The zero-order chi connectivity index (χ0) is 13.3. The summed E-state index contributed by atoms with van der Waals surface area (Å²) in [5.74, 6) is -2.05. The zero-order valence-corrected chi connectivity index (χ0v) is 8.85. The number of alkyl halides is 3. The fourth-order valence-electron chi connectivity index (χ4n) is 1.48. The number of nitrogens with two attached hydrogens (primary N) is 1. The Kier molecular flexibility index (Phi) is 2.77. The average Bonchev–Trinajstić information content (AvgIpc) is 2.77. The molecule has 0 bridgehead atoms. The molecule has 0 spiro atoms. The Morgan fingerprint density at radius 1 is 1.28 bits per heavy atom. The first kappa shape index (κ1) is 12.1. The number of primary amides is 1. The number of carbonyl (C=O) groups is 1. The Hall–Kier alpha value is -2.38. The van der Waals surface area contributed by atoms with Crippen LogP contribution in [0.15, 0.2) is 30.6 Å². The molecule has 0 fully saturated rings. The van der Waals surface area contributed by atoms with Gasteiger partial charge < -0.3 is 5.73 Å². The van der Waals surface area contributed by atoms with Crippen molar-refractivity contribution in [1.82, 2.24) is 14.8 Å². The summed E-state index contributed by atoms with van der Waals surface area (Å²) in [4.78, 5) is 14.3. The van der Waals surface area contributed by atoms with Crippen molar-refractivity contribution in [2.75, 3.05) is 0 Å². The minimum absolute atomic E-state index is 0.0603. The van der Waals surface area contributed by atoms with E-state index in [0.717, 1.165) is 6.33 Å². The number of halogens is 3. The highest BCUT2D eigenvalue weighted by atomic mass is 19.4. The second-order valence-corrected chi connectivity index (χ2v) is 3.37. The topological polar surface area (TPSA) is 73.8 Å². The van der Waals surface area contributed by atoms with E-state index in [1.165, 1.54) is 24.3 Å². The van der Waals surface area contributed by atoms with Crippen LogP contribution in [-0.2, 0) is 6.18 Å². The van der Waals surface area contributed by atoms with Crippen molar-refractivity contribution >= 4 is 5.91 Å². The molecular formula is C10H7F3N4O. The molecule has 0 saturated heterocycles. The summed E-state index contributed by atoms with van der Waals surface area (Å²) in [5.41, 5.74) is 4.98. The number of carbonyl (C=O) groups excluding carboxylic acids is 1. The predicted molar refractivity (Wildman–Crippen MR) is 54.9 cm³/mol. The van der Waals surface area contributed by atoms with E-state index in [0.29, 0.717) is 4.68 Å². The monoisotopic (exact) mass is 256 g/mol. The van der Waals surface area contributed by atoms with Crippen molar-refractivity contribution in [2.45, 2.75) is 6.18 Å². The Bertz CT molecular complexity index is 591. The van der Waals surface area contributed by atoms with Crippen LogP contribution in [0.5, 0.6) is 0 Å². The number of hydrogen-bond donors (Lipinski definition) is 1. The van der Waals surface area contributed by atoms with Crippen molar-refractivity contribution in [3.8, 4) is 5.69 Å². The van der Waals surface area contributed by atoms with E-state index in [9.17, 15) is 18.0 Å². The summed E-state index contributed by atoms with van der Waals surface area (Å²) >= 11 is 0. The molecule has 0 aliphatic carbocycles. The summed E-state index contributed by atoms with van der Waals surface area (Å²) in [6.45, 7) is 0. The fourth-order valence-corrected chi connectivity index (χ4v) is 1.48. The van der Waals surface area contributed by atoms with Gasteiger partial charge in [0.15, 0.2) is 0 Å². The number of nitrogens with zero attached hydrogens (tertiary/aromatic N) is 3. The molecule has 2 aromatic rings. The van der Waals surface area contributed by atoms with Crippen LogP contribution in [0.3, 0.4) is 0 Å². The predicted octanol–water partition coefficient (Wildman–Crippen LogP) is 1.39. The second kappa shape index (κ2) is 4.13. The Labute approximate surface area is 99.0 Å². The van der Waals surface area contributed by atoms with Gasteiger partial charge in [-0.2, -0.15) is 18.3 Å². The average molecular weight is 256 g/mol. The van der Waals surface area contributed by atoms with E-state index in [2.05, 4.69) is 10.1 Å². The molecule has 2 rings (SSSR count). The highest BCUT2D eigenvalue weighted by Crippen LogP contribution is 2.29. The van der Waals surface area contributed by atoms with Gasteiger partial charge in [0.2, 0.25) is 5.82 Å². The van der Waals surface area contributed by atoms with Crippen LogP contribution in [0.4, 0.5) is 13.2 Å². The third kappa shape index (κ3) is 2.04. The molecule has 0 unspecified atom stereocenters. The summed E-state index contributed by atoms with van der Waals surface area (Å²) < 4.78 is 38.5. The number of rotatable bonds is 2. The molecule has 1 aromatic carbocycles. The Morgan fingerprint density at radius 2 is 1.94 bits per heavy atom. The standard InChI is InChI=1S/C10H7F3N4O/c11-10(12,13)9-15-5-16-17(9)7-4-2-1-3-6(7)8(14)18/h1-5H,(H2,14,18). The number of hydrogen-bond acceptors (Lipinski definition) is 3. The van der Waals surface area contributed by atoms with Gasteiger partial charge in [0, 0.05) is 0 Å². The quantitative estimate of drug-likeness (QED) is 0.882. The third-order valence-electron chi connectivity index (χ3n) is 2.20. The van der Waals surface area contributed by atoms with Crippen LogP contribution in [0, 0.1) is 0 Å². The van der Waals surface area contributed by atoms with Crippen molar-refractivity contribution in [3.63, 3.8) is 0 Å². The molecule has 0 aliphatic heterocycles. The minimum atomic E-state index is -4.67. The molecule has 0 saturated carbocycles. The van der Waals surface area contributed by atoms with Gasteiger partial charge in [-0.25, -0.2) is 9.67 Å². The lowest BCUT2D eigenvalue weighted by Crippen LogP contribution is -2.19. The Balaban J connectivity index is 2.64. The van der Waals surface area contributed by atoms with Crippen LogP contribution in [0.25, 0.3) is 5.69 Å². The summed E-state index contributed by atoms with van der Waals surface area (Å²) in [5, 5.41) is 3.47. The smallest absolute Gasteiger partial charge is 0.366 e. The first-order chi connectivity index (χ1) is 8.41. The maximum absolute atomic E-state index is 12.7. The van der Waals surface area contributed by atoms with E-state index in [1.54, 1.807) is 0 Å². The molecule has 8 heteroatoms. The van der Waals surface area contributed by atoms with Gasteiger partial charge in [0.25, 0.3) is 5.91 Å². The van der Waals surface area contributed by atoms with Crippen LogP contribution in [-0.4, -0.2) is 20.7 Å². The van der Waals surface area contributed by atoms with E-state index in [4.69, 9.17) is 5.73 Å². The van der Waals surface area contributed by atoms with Crippen LogP contribution < -0.4 is 5.73 Å². The number of benzene rings is 1. The van der Waals surface area contributed by atoms with Gasteiger partial charge in [-0.15, -0.1) is 0 Å². The molecule has 18 heavy (non-hydrogen) atoms. The minimum Gasteiger partial charge on any atom is -0.366 e. The summed E-state index contributed by atoms with van der Waals surface area (Å²) in [6.07, 6.45) is -3.90. The van der Waals surface area contributed by atoms with Crippen LogP contribution >= 0.6 is 0 Å². The van der Waals surface area contributed by atoms with Crippen molar-refractivity contribution < 1.29 is 18.0 Å². The van der Waals surface area contributed by atoms with Crippen LogP contribution in [0.2, 0.25) is 0 Å². The summed E-state index contributed by atoms with van der Waals surface area (Å²) in [7, 11) is 0. The van der Waals surface area contributed by atoms with Gasteiger partial charge in [0.1, 0.15) is 6.33 Å². The first-order valence-corrected chi connectivity index (χ1v) is 4.77. The molecule has 0 aliphatic rings. The highest BCUT2D eigenvalue weighted by Gasteiger charge is 2.37. The van der Waals surface area contributed by atoms with E-state index in [1.807, 2.05) is 0 Å². The largest absolute Gasteiger partial charge is 0.451 e. The van der Waals surface area contributed by atoms with Gasteiger partial charge in [0.05, 0.1) is 11.3 Å². The van der Waals surface area contributed by atoms with Gasteiger partial charge in [-0.3, -0.25) is 4.79 Å². The molecule has 1 heterocycles. The van der Waals surface area contributed by atoms with Crippen molar-refractivity contribution in [1.29, 1.82) is 0 Å². The number of amides is 1. The van der Waals surface area contributed by atoms with Gasteiger partial charge >= 0.3 is 6.18 Å². The normalized spacial score (nSPS) is 11.5. The lowest BCUT2D eigenvalue weighted by Gasteiger charge is -2.10. The molecule has 5 nitrogen and oxygen atoms in total. The fraction of sp³-hybridized carbons (Fsp3) is 0.100. The molecule has 1 amide bonds. The number of aromatic nitrogens is 3. The number of para-hydroxylation sites is 1. The highest BCUT2D eigenvalue weighted by molar-refractivity contribution is 5.96. The molecular weight excluding hydrogens is 249 g/mol. The van der Waals surface area contributed by atoms with Crippen molar-refractivity contribution in [3.05, 3.63) is 42.0 Å². The maximum Gasteiger partial charge on any atom is 0.451 e. The lowest BCUT2D eigenvalue weighted by molar-refractivity contribution is -0.146. The summed E-state index contributed by atoms with van der Waals surface area (Å²) in [6, 6.07) is 5.60. The maximum atomic E-state index is 12.7. The second-order valence-electron chi connectivity index (χ2n) is 3.37. The van der Waals surface area contributed by atoms with E-state index in [-0.39, 0.29) is 11.3 Å². The zero-order valence-electron chi connectivity index (χ0n) is 8.85.